The molecule has 0 radical (unpaired) electrons. The van der Waals surface area contributed by atoms with Crippen molar-refractivity contribution in [2.75, 3.05) is 5.73 Å². The van der Waals surface area contributed by atoms with Gasteiger partial charge in [-0.3, -0.25) is 0 Å². The molecule has 1 rings (SSSR count). The monoisotopic (exact) mass is 252 g/mol. The van der Waals surface area contributed by atoms with Gasteiger partial charge in [0.1, 0.15) is 5.75 Å². The minimum absolute atomic E-state index is 0.175. The molecule has 100 valence electrons. The number of nitrogens with two attached hydrogens (primary N) is 1. The lowest BCUT2D eigenvalue weighted by molar-refractivity contribution is 0.191. The third-order valence-corrected chi connectivity index (χ3v) is 2.76. The maximum absolute atomic E-state index is 10.5. The molecule has 0 aromatic heterocycles. The van der Waals surface area contributed by atoms with Crippen molar-refractivity contribution < 1.29 is 14.6 Å². The fourth-order valence-corrected chi connectivity index (χ4v) is 1.63. The number of carboxylic acid groups (broad SMARTS) is 1. The van der Waals surface area contributed by atoms with Crippen molar-refractivity contribution >= 4 is 11.8 Å². The maximum atomic E-state index is 10.5. The number of hydrogen-bond donors (Lipinski definition) is 3. The van der Waals surface area contributed by atoms with Gasteiger partial charge in [0.05, 0.1) is 6.10 Å². The minimum atomic E-state index is -1.07. The van der Waals surface area contributed by atoms with E-state index < -0.39 is 6.09 Å². The Bertz CT molecular complexity index is 403. The summed E-state index contributed by atoms with van der Waals surface area (Å²) in [5, 5.41) is 10.9. The van der Waals surface area contributed by atoms with Crippen LogP contribution in [0.15, 0.2) is 18.2 Å². The standard InChI is InChI=1S/C13H20N2O3/c1-3-10(4-2)18-11-5-6-12(14)9(7-11)8-15-13(16)17/h5-7,10,15H,3-4,8,14H2,1-2H3,(H,16,17). The first-order valence-electron chi connectivity index (χ1n) is 6.08. The zero-order valence-corrected chi connectivity index (χ0v) is 10.8. The van der Waals surface area contributed by atoms with E-state index in [9.17, 15) is 4.79 Å². The van der Waals surface area contributed by atoms with E-state index >= 15 is 0 Å². The van der Waals surface area contributed by atoms with Crippen LogP contribution in [0.25, 0.3) is 0 Å². The van der Waals surface area contributed by atoms with Gasteiger partial charge in [-0.2, -0.15) is 0 Å². The lowest BCUT2D eigenvalue weighted by atomic mass is 10.1. The molecule has 0 fully saturated rings. The van der Waals surface area contributed by atoms with Crippen LogP contribution >= 0.6 is 0 Å². The summed E-state index contributed by atoms with van der Waals surface area (Å²) in [6, 6.07) is 5.32. The topological polar surface area (TPSA) is 84.6 Å². The van der Waals surface area contributed by atoms with E-state index in [0.29, 0.717) is 5.69 Å². The summed E-state index contributed by atoms with van der Waals surface area (Å²) in [5.74, 6) is 0.722. The Morgan fingerprint density at radius 1 is 1.44 bits per heavy atom. The zero-order chi connectivity index (χ0) is 13.5. The SMILES string of the molecule is CCC(CC)Oc1ccc(N)c(CNC(=O)O)c1. The van der Waals surface area contributed by atoms with Gasteiger partial charge in [-0.15, -0.1) is 0 Å². The van der Waals surface area contributed by atoms with E-state index in [1.807, 2.05) is 0 Å². The first-order chi connectivity index (χ1) is 8.56. The molecule has 0 unspecified atom stereocenters. The molecular formula is C13H20N2O3. The molecule has 0 aliphatic rings. The van der Waals surface area contributed by atoms with Crippen LogP contribution in [0, 0.1) is 0 Å². The van der Waals surface area contributed by atoms with Gasteiger partial charge < -0.3 is 20.9 Å². The third-order valence-electron chi connectivity index (χ3n) is 2.76. The summed E-state index contributed by atoms with van der Waals surface area (Å²) in [5.41, 5.74) is 7.06. The van der Waals surface area contributed by atoms with Crippen molar-refractivity contribution in [1.82, 2.24) is 5.32 Å². The summed E-state index contributed by atoms with van der Waals surface area (Å²) < 4.78 is 5.78. The Morgan fingerprint density at radius 2 is 2.11 bits per heavy atom. The first-order valence-corrected chi connectivity index (χ1v) is 6.08. The number of amides is 1. The summed E-state index contributed by atoms with van der Waals surface area (Å²) in [6.45, 7) is 4.32. The highest BCUT2D eigenvalue weighted by Crippen LogP contribution is 2.21. The number of nitrogen functional groups attached to an aromatic ring is 1. The van der Waals surface area contributed by atoms with Gasteiger partial charge in [-0.05, 0) is 36.6 Å². The predicted molar refractivity (Wildman–Crippen MR) is 70.7 cm³/mol. The summed E-state index contributed by atoms with van der Waals surface area (Å²) in [7, 11) is 0. The van der Waals surface area contributed by atoms with Crippen LogP contribution in [0.1, 0.15) is 32.3 Å². The van der Waals surface area contributed by atoms with Gasteiger partial charge in [0, 0.05) is 12.2 Å². The van der Waals surface area contributed by atoms with Gasteiger partial charge in [0.25, 0.3) is 0 Å². The molecule has 4 N–H and O–H groups in total. The number of hydrogen-bond acceptors (Lipinski definition) is 3. The molecule has 0 bridgehead atoms. The number of ether oxygens (including phenoxy) is 1. The van der Waals surface area contributed by atoms with E-state index in [0.717, 1.165) is 24.2 Å². The smallest absolute Gasteiger partial charge is 0.404 e. The van der Waals surface area contributed by atoms with Crippen LogP contribution in [0.3, 0.4) is 0 Å². The van der Waals surface area contributed by atoms with Crippen molar-refractivity contribution in [3.8, 4) is 5.75 Å². The van der Waals surface area contributed by atoms with Crippen LogP contribution in [-0.2, 0) is 6.54 Å². The van der Waals surface area contributed by atoms with Gasteiger partial charge in [-0.1, -0.05) is 13.8 Å². The molecule has 0 atom stereocenters. The van der Waals surface area contributed by atoms with Crippen molar-refractivity contribution in [2.24, 2.45) is 0 Å². The lowest BCUT2D eigenvalue weighted by Crippen LogP contribution is -2.21. The number of carbonyl (C=O) groups is 1. The molecular weight excluding hydrogens is 232 g/mol. The highest BCUT2D eigenvalue weighted by molar-refractivity contribution is 5.65. The van der Waals surface area contributed by atoms with Crippen molar-refractivity contribution in [1.29, 1.82) is 0 Å². The molecule has 1 aromatic rings. The van der Waals surface area contributed by atoms with Gasteiger partial charge in [0.15, 0.2) is 0 Å². The Labute approximate surface area is 107 Å². The van der Waals surface area contributed by atoms with E-state index in [-0.39, 0.29) is 12.6 Å². The Morgan fingerprint density at radius 3 is 2.67 bits per heavy atom. The van der Waals surface area contributed by atoms with E-state index in [2.05, 4.69) is 19.2 Å². The Balaban J connectivity index is 2.76. The van der Waals surface area contributed by atoms with Gasteiger partial charge >= 0.3 is 6.09 Å². The van der Waals surface area contributed by atoms with Crippen LogP contribution in [0.4, 0.5) is 10.5 Å². The molecule has 0 aliphatic heterocycles. The highest BCUT2D eigenvalue weighted by Gasteiger charge is 2.08. The normalized spacial score (nSPS) is 10.4. The largest absolute Gasteiger partial charge is 0.490 e. The summed E-state index contributed by atoms with van der Waals surface area (Å²) in [6.07, 6.45) is 0.974. The number of benzene rings is 1. The number of rotatable bonds is 6. The second-order valence-electron chi connectivity index (χ2n) is 4.08. The Hall–Kier alpha value is -1.91. The van der Waals surface area contributed by atoms with Crippen molar-refractivity contribution in [3.63, 3.8) is 0 Å². The highest BCUT2D eigenvalue weighted by atomic mass is 16.5. The molecule has 5 heteroatoms. The quantitative estimate of drug-likeness (QED) is 0.679. The summed E-state index contributed by atoms with van der Waals surface area (Å²) in [4.78, 5) is 10.5. The van der Waals surface area contributed by atoms with E-state index in [4.69, 9.17) is 15.6 Å². The first kappa shape index (κ1) is 14.2. The average molecular weight is 252 g/mol. The van der Waals surface area contributed by atoms with Crippen LogP contribution in [0.5, 0.6) is 5.75 Å². The molecule has 0 aliphatic carbocycles. The number of nitrogens with one attached hydrogen (secondary N) is 1. The third kappa shape index (κ3) is 4.16. The van der Waals surface area contributed by atoms with E-state index in [1.165, 1.54) is 0 Å². The van der Waals surface area contributed by atoms with Crippen LogP contribution < -0.4 is 15.8 Å². The average Bonchev–Trinajstić information content (AvgIpc) is 2.36. The molecule has 18 heavy (non-hydrogen) atoms. The molecule has 1 aromatic carbocycles. The second-order valence-corrected chi connectivity index (χ2v) is 4.08. The summed E-state index contributed by atoms with van der Waals surface area (Å²) >= 11 is 0. The lowest BCUT2D eigenvalue weighted by Gasteiger charge is -2.17. The molecule has 0 spiro atoms. The molecule has 0 saturated heterocycles. The molecule has 0 heterocycles. The van der Waals surface area contributed by atoms with Gasteiger partial charge in [0.2, 0.25) is 0 Å². The minimum Gasteiger partial charge on any atom is -0.490 e. The van der Waals surface area contributed by atoms with Crippen molar-refractivity contribution in [2.45, 2.75) is 39.3 Å². The second kappa shape index (κ2) is 6.74. The van der Waals surface area contributed by atoms with Crippen LogP contribution in [-0.4, -0.2) is 17.3 Å². The fourth-order valence-electron chi connectivity index (χ4n) is 1.63. The van der Waals surface area contributed by atoms with E-state index in [1.54, 1.807) is 18.2 Å². The maximum Gasteiger partial charge on any atom is 0.404 e. The molecule has 1 amide bonds. The molecule has 0 saturated carbocycles. The Kier molecular flexibility index (Phi) is 5.30. The molecule has 5 nitrogen and oxygen atoms in total. The zero-order valence-electron chi connectivity index (χ0n) is 10.8. The fraction of sp³-hybridized carbons (Fsp3) is 0.462. The number of anilines is 1. The van der Waals surface area contributed by atoms with Crippen LogP contribution in [0.2, 0.25) is 0 Å². The van der Waals surface area contributed by atoms with Crippen molar-refractivity contribution in [3.05, 3.63) is 23.8 Å². The van der Waals surface area contributed by atoms with Gasteiger partial charge in [-0.25, -0.2) is 4.79 Å². The predicted octanol–water partition coefficient (Wildman–Crippen LogP) is 2.60.